The molecule has 1 atom stereocenters. The third kappa shape index (κ3) is 4.56. The quantitative estimate of drug-likeness (QED) is 0.307. The van der Waals surface area contributed by atoms with Gasteiger partial charge in [-0.05, 0) is 74.7 Å². The van der Waals surface area contributed by atoms with Gasteiger partial charge in [0, 0.05) is 11.3 Å². The molecule has 1 aromatic heterocycles. The molecule has 6 heteroatoms. The Bertz CT molecular complexity index is 1470. The van der Waals surface area contributed by atoms with Gasteiger partial charge in [0.15, 0.2) is 5.11 Å². The van der Waals surface area contributed by atoms with Crippen molar-refractivity contribution in [2.45, 2.75) is 47.2 Å². The summed E-state index contributed by atoms with van der Waals surface area (Å²) in [6.07, 6.45) is 0. The Morgan fingerprint density at radius 1 is 0.889 bits per heavy atom. The smallest absolute Gasteiger partial charge is 0.258 e. The summed E-state index contributed by atoms with van der Waals surface area (Å²) in [7, 11) is 0. The van der Waals surface area contributed by atoms with Gasteiger partial charge < -0.3 is 14.7 Å². The first-order valence-corrected chi connectivity index (χ1v) is 12.5. The fraction of sp³-hybridized carbons (Fsp3) is 0.233. The molecule has 4 aromatic rings. The van der Waals surface area contributed by atoms with E-state index in [1.54, 1.807) is 0 Å². The first kappa shape index (κ1) is 23.9. The van der Waals surface area contributed by atoms with E-state index in [1.165, 1.54) is 27.8 Å². The van der Waals surface area contributed by atoms with Gasteiger partial charge >= 0.3 is 0 Å². The lowest BCUT2D eigenvalue weighted by molar-refractivity contribution is 0.396. The summed E-state index contributed by atoms with van der Waals surface area (Å²) >= 11 is 5.89. The van der Waals surface area contributed by atoms with Crippen LogP contribution in [0.3, 0.4) is 0 Å². The van der Waals surface area contributed by atoms with Gasteiger partial charge in [0.1, 0.15) is 0 Å². The summed E-state index contributed by atoms with van der Waals surface area (Å²) in [5.74, 6) is 1.07. The van der Waals surface area contributed by atoms with Crippen LogP contribution in [0.25, 0.3) is 17.0 Å². The van der Waals surface area contributed by atoms with Crippen molar-refractivity contribution in [2.24, 2.45) is 0 Å². The van der Waals surface area contributed by atoms with E-state index in [2.05, 4.69) is 105 Å². The first-order chi connectivity index (χ1) is 17.3. The monoisotopic (exact) mass is 494 g/mol. The zero-order chi connectivity index (χ0) is 25.4. The molecule has 5 nitrogen and oxygen atoms in total. The molecule has 5 rings (SSSR count). The second-order valence-corrected chi connectivity index (χ2v) is 9.91. The first-order valence-electron chi connectivity index (χ1n) is 12.1. The van der Waals surface area contributed by atoms with E-state index >= 15 is 0 Å². The van der Waals surface area contributed by atoms with Crippen molar-refractivity contribution in [3.8, 4) is 11.4 Å². The van der Waals surface area contributed by atoms with Gasteiger partial charge in [0.2, 0.25) is 5.82 Å². The average Bonchev–Trinajstić information content (AvgIpc) is 3.34. The van der Waals surface area contributed by atoms with Crippen LogP contribution >= 0.6 is 12.2 Å². The van der Waals surface area contributed by atoms with Crippen molar-refractivity contribution >= 4 is 22.9 Å². The van der Waals surface area contributed by atoms with Crippen molar-refractivity contribution in [1.29, 1.82) is 0 Å². The molecular weight excluding hydrogens is 464 g/mol. The fourth-order valence-electron chi connectivity index (χ4n) is 4.55. The van der Waals surface area contributed by atoms with Crippen LogP contribution in [-0.2, 0) is 6.54 Å². The predicted octanol–water partition coefficient (Wildman–Crippen LogP) is 6.83. The molecule has 1 N–H and O–H groups in total. The Kier molecular flexibility index (Phi) is 6.46. The molecular formula is C30H30N4OS. The minimum absolute atomic E-state index is 0.198. The summed E-state index contributed by atoms with van der Waals surface area (Å²) in [5, 5.41) is 8.59. The predicted molar refractivity (Wildman–Crippen MR) is 148 cm³/mol. The second kappa shape index (κ2) is 9.70. The van der Waals surface area contributed by atoms with E-state index in [0.717, 1.165) is 22.4 Å². The number of hydrogen-bond acceptors (Lipinski definition) is 4. The number of benzene rings is 3. The standard InChI is InChI=1S/C30H30N4OS/c1-18-10-13-23(14-11-18)28-32-29(35-33-28)26-22(5)34(17-25-9-7-6-8-20(25)3)30(36)31-27(26)24-15-12-19(2)21(4)16-24/h6-16,27H,17H2,1-5H3,(H,31,36). The minimum atomic E-state index is -0.198. The van der Waals surface area contributed by atoms with Gasteiger partial charge in [-0.3, -0.25) is 0 Å². The van der Waals surface area contributed by atoms with E-state index in [9.17, 15) is 0 Å². The van der Waals surface area contributed by atoms with E-state index in [1.807, 2.05) is 12.1 Å². The van der Waals surface area contributed by atoms with Crippen LogP contribution in [-0.4, -0.2) is 20.2 Å². The minimum Gasteiger partial charge on any atom is -0.351 e. The summed E-state index contributed by atoms with van der Waals surface area (Å²) in [6, 6.07) is 22.8. The lowest BCUT2D eigenvalue weighted by Gasteiger charge is -2.37. The molecule has 0 saturated carbocycles. The normalized spacial score (nSPS) is 15.9. The highest BCUT2D eigenvalue weighted by atomic mass is 32.1. The van der Waals surface area contributed by atoms with Gasteiger partial charge in [0.25, 0.3) is 5.89 Å². The Hall–Kier alpha value is -3.77. The Labute approximate surface area is 217 Å². The van der Waals surface area contributed by atoms with Crippen LogP contribution in [0.2, 0.25) is 0 Å². The average molecular weight is 495 g/mol. The van der Waals surface area contributed by atoms with Crippen LogP contribution in [0, 0.1) is 27.7 Å². The van der Waals surface area contributed by atoms with Crippen LogP contribution in [0.4, 0.5) is 0 Å². The number of nitrogens with zero attached hydrogens (tertiary/aromatic N) is 3. The van der Waals surface area contributed by atoms with Gasteiger partial charge in [-0.2, -0.15) is 4.98 Å². The molecule has 0 amide bonds. The SMILES string of the molecule is CC1=C(c2nc(-c3ccc(C)cc3)no2)C(c2ccc(C)c(C)c2)NC(=S)N1Cc1ccccc1C. The molecule has 0 radical (unpaired) electrons. The number of rotatable bonds is 5. The van der Waals surface area contributed by atoms with Crippen LogP contribution in [0.15, 0.2) is 77.0 Å². The fourth-order valence-corrected chi connectivity index (χ4v) is 4.87. The number of hydrogen-bond donors (Lipinski definition) is 1. The van der Waals surface area contributed by atoms with Gasteiger partial charge in [-0.1, -0.05) is 77.5 Å². The molecule has 2 heterocycles. The van der Waals surface area contributed by atoms with Crippen molar-refractivity contribution in [1.82, 2.24) is 20.4 Å². The Morgan fingerprint density at radius 2 is 1.64 bits per heavy atom. The molecule has 1 unspecified atom stereocenters. The lowest BCUT2D eigenvalue weighted by Crippen LogP contribution is -2.45. The molecule has 0 fully saturated rings. The van der Waals surface area contributed by atoms with E-state index < -0.39 is 0 Å². The van der Waals surface area contributed by atoms with Crippen LogP contribution in [0.5, 0.6) is 0 Å². The highest BCUT2D eigenvalue weighted by molar-refractivity contribution is 7.80. The summed E-state index contributed by atoms with van der Waals surface area (Å²) in [5.41, 5.74) is 10.1. The topological polar surface area (TPSA) is 54.2 Å². The van der Waals surface area contributed by atoms with E-state index in [4.69, 9.17) is 21.7 Å². The molecule has 0 bridgehead atoms. The molecule has 182 valence electrons. The zero-order valence-corrected chi connectivity index (χ0v) is 22.1. The molecule has 36 heavy (non-hydrogen) atoms. The lowest BCUT2D eigenvalue weighted by atomic mass is 9.92. The largest absolute Gasteiger partial charge is 0.351 e. The number of thiocarbonyl (C=S) groups is 1. The number of nitrogens with one attached hydrogen (secondary N) is 1. The maximum Gasteiger partial charge on any atom is 0.258 e. The summed E-state index contributed by atoms with van der Waals surface area (Å²) in [4.78, 5) is 6.96. The number of aryl methyl sites for hydroxylation is 4. The van der Waals surface area contributed by atoms with E-state index in [0.29, 0.717) is 23.4 Å². The van der Waals surface area contributed by atoms with Crippen LogP contribution < -0.4 is 5.32 Å². The van der Waals surface area contributed by atoms with Crippen molar-refractivity contribution in [3.63, 3.8) is 0 Å². The molecule has 1 aliphatic rings. The molecule has 3 aromatic carbocycles. The molecule has 0 aliphatic carbocycles. The summed E-state index contributed by atoms with van der Waals surface area (Å²) < 4.78 is 5.89. The Balaban J connectivity index is 1.62. The van der Waals surface area contributed by atoms with Gasteiger partial charge in [-0.25, -0.2) is 0 Å². The third-order valence-corrected chi connectivity index (χ3v) is 7.35. The third-order valence-electron chi connectivity index (χ3n) is 7.02. The molecule has 1 aliphatic heterocycles. The zero-order valence-electron chi connectivity index (χ0n) is 21.3. The summed E-state index contributed by atoms with van der Waals surface area (Å²) in [6.45, 7) is 11.2. The van der Waals surface area contributed by atoms with Gasteiger partial charge in [-0.15, -0.1) is 0 Å². The maximum absolute atomic E-state index is 5.89. The molecule has 0 spiro atoms. The second-order valence-electron chi connectivity index (χ2n) is 9.53. The Morgan fingerprint density at radius 3 is 2.36 bits per heavy atom. The highest BCUT2D eigenvalue weighted by Crippen LogP contribution is 2.38. The number of allylic oxidation sites excluding steroid dienone is 1. The maximum atomic E-state index is 5.89. The van der Waals surface area contributed by atoms with Crippen molar-refractivity contribution < 1.29 is 4.52 Å². The van der Waals surface area contributed by atoms with Crippen molar-refractivity contribution in [3.05, 3.63) is 112 Å². The molecule has 0 saturated heterocycles. The number of aromatic nitrogens is 2. The van der Waals surface area contributed by atoms with Crippen molar-refractivity contribution in [2.75, 3.05) is 0 Å². The van der Waals surface area contributed by atoms with E-state index in [-0.39, 0.29) is 6.04 Å². The van der Waals surface area contributed by atoms with Crippen LogP contribution in [0.1, 0.15) is 52.2 Å². The van der Waals surface area contributed by atoms with Gasteiger partial charge in [0.05, 0.1) is 18.2 Å². The highest BCUT2D eigenvalue weighted by Gasteiger charge is 2.34.